The van der Waals surface area contributed by atoms with E-state index in [-0.39, 0.29) is 11.8 Å². The van der Waals surface area contributed by atoms with Crippen molar-refractivity contribution in [1.82, 2.24) is 20.1 Å². The van der Waals surface area contributed by atoms with Gasteiger partial charge in [-0.05, 0) is 26.2 Å². The Morgan fingerprint density at radius 1 is 1.59 bits per heavy atom. The lowest BCUT2D eigenvalue weighted by atomic mass is 9.94. The molecular formula is C12H18N4O. The number of hydrogen-bond donors (Lipinski definition) is 1. The van der Waals surface area contributed by atoms with Crippen LogP contribution in [0.4, 0.5) is 0 Å². The van der Waals surface area contributed by atoms with Gasteiger partial charge in [-0.15, -0.1) is 10.2 Å². The fourth-order valence-corrected chi connectivity index (χ4v) is 2.02. The van der Waals surface area contributed by atoms with Crippen LogP contribution in [-0.2, 0) is 17.9 Å². The van der Waals surface area contributed by atoms with Crippen molar-refractivity contribution in [2.24, 2.45) is 5.92 Å². The number of nitrogens with one attached hydrogen (secondary N) is 1. The first-order valence-electron chi connectivity index (χ1n) is 6.10. The van der Waals surface area contributed by atoms with E-state index in [2.05, 4.69) is 27.7 Å². The van der Waals surface area contributed by atoms with E-state index in [0.717, 1.165) is 31.6 Å². The Morgan fingerprint density at radius 2 is 2.47 bits per heavy atom. The van der Waals surface area contributed by atoms with Gasteiger partial charge >= 0.3 is 0 Å². The maximum absolute atomic E-state index is 11.9. The van der Waals surface area contributed by atoms with Gasteiger partial charge in [-0.2, -0.15) is 0 Å². The molecule has 0 radical (unpaired) electrons. The Labute approximate surface area is 101 Å². The molecule has 1 N–H and O–H groups in total. The molecule has 1 aromatic heterocycles. The number of amides is 1. The summed E-state index contributed by atoms with van der Waals surface area (Å²) in [5.74, 6) is 1.06. The summed E-state index contributed by atoms with van der Waals surface area (Å²) in [5.41, 5.74) is 0. The second-order valence-corrected chi connectivity index (χ2v) is 4.23. The van der Waals surface area contributed by atoms with Crippen LogP contribution in [0.15, 0.2) is 18.5 Å². The minimum atomic E-state index is 0.123. The van der Waals surface area contributed by atoms with Crippen molar-refractivity contribution >= 4 is 5.91 Å². The summed E-state index contributed by atoms with van der Waals surface area (Å²) >= 11 is 0. The number of allylic oxidation sites excluding steroid dienone is 2. The topological polar surface area (TPSA) is 59.8 Å². The monoisotopic (exact) mass is 234 g/mol. The molecule has 5 nitrogen and oxygen atoms in total. The van der Waals surface area contributed by atoms with Crippen molar-refractivity contribution in [3.8, 4) is 0 Å². The van der Waals surface area contributed by atoms with Crippen LogP contribution in [0.1, 0.15) is 32.0 Å². The minimum Gasteiger partial charge on any atom is -0.349 e. The molecule has 0 bridgehead atoms. The highest BCUT2D eigenvalue weighted by molar-refractivity contribution is 5.78. The number of carbonyl (C=O) groups excluding carboxylic acids is 1. The molecule has 0 aliphatic heterocycles. The zero-order valence-electron chi connectivity index (χ0n) is 10.1. The van der Waals surface area contributed by atoms with Crippen LogP contribution in [0, 0.1) is 5.92 Å². The van der Waals surface area contributed by atoms with Crippen molar-refractivity contribution in [3.05, 3.63) is 24.3 Å². The maximum atomic E-state index is 11.9. The van der Waals surface area contributed by atoms with Crippen molar-refractivity contribution in [2.45, 2.75) is 39.3 Å². The van der Waals surface area contributed by atoms with E-state index in [9.17, 15) is 4.79 Å². The number of carbonyl (C=O) groups is 1. The second-order valence-electron chi connectivity index (χ2n) is 4.23. The fourth-order valence-electron chi connectivity index (χ4n) is 2.02. The molecule has 1 aliphatic rings. The highest BCUT2D eigenvalue weighted by Crippen LogP contribution is 2.18. The van der Waals surface area contributed by atoms with Gasteiger partial charge in [0, 0.05) is 12.5 Å². The summed E-state index contributed by atoms with van der Waals surface area (Å²) in [6, 6.07) is 0. The summed E-state index contributed by atoms with van der Waals surface area (Å²) < 4.78 is 1.93. The zero-order chi connectivity index (χ0) is 12.1. The molecule has 5 heteroatoms. The molecule has 1 amide bonds. The van der Waals surface area contributed by atoms with Gasteiger partial charge in [0.05, 0.1) is 6.54 Å². The average Bonchev–Trinajstić information content (AvgIpc) is 2.84. The third-order valence-electron chi connectivity index (χ3n) is 3.10. The largest absolute Gasteiger partial charge is 0.349 e. The summed E-state index contributed by atoms with van der Waals surface area (Å²) in [6.45, 7) is 3.32. The number of aryl methyl sites for hydroxylation is 1. The first-order valence-corrected chi connectivity index (χ1v) is 6.10. The van der Waals surface area contributed by atoms with Crippen LogP contribution >= 0.6 is 0 Å². The van der Waals surface area contributed by atoms with E-state index >= 15 is 0 Å². The molecule has 0 saturated carbocycles. The number of rotatable bonds is 4. The first kappa shape index (κ1) is 11.8. The third kappa shape index (κ3) is 2.93. The Kier molecular flexibility index (Phi) is 3.90. The van der Waals surface area contributed by atoms with E-state index in [4.69, 9.17) is 0 Å². The molecule has 1 aromatic rings. The quantitative estimate of drug-likeness (QED) is 0.798. The lowest BCUT2D eigenvalue weighted by Gasteiger charge is -2.17. The molecule has 2 rings (SSSR count). The molecule has 1 aliphatic carbocycles. The number of hydrogen-bond acceptors (Lipinski definition) is 3. The summed E-state index contributed by atoms with van der Waals surface area (Å²) in [7, 11) is 0. The Bertz CT molecular complexity index is 410. The summed E-state index contributed by atoms with van der Waals surface area (Å²) in [4.78, 5) is 11.9. The molecule has 0 spiro atoms. The summed E-state index contributed by atoms with van der Waals surface area (Å²) in [5, 5.41) is 10.8. The molecule has 1 atom stereocenters. The Balaban J connectivity index is 1.85. The van der Waals surface area contributed by atoms with Crippen molar-refractivity contribution in [3.63, 3.8) is 0 Å². The lowest BCUT2D eigenvalue weighted by Crippen LogP contribution is -2.31. The highest BCUT2D eigenvalue weighted by Gasteiger charge is 2.18. The third-order valence-corrected chi connectivity index (χ3v) is 3.10. The van der Waals surface area contributed by atoms with Crippen LogP contribution < -0.4 is 5.32 Å². The van der Waals surface area contributed by atoms with E-state index in [1.807, 2.05) is 11.5 Å². The number of nitrogens with zero attached hydrogens (tertiary/aromatic N) is 3. The Hall–Kier alpha value is -1.65. The predicted octanol–water partition coefficient (Wildman–Crippen LogP) is 1.27. The van der Waals surface area contributed by atoms with Crippen LogP contribution in [-0.4, -0.2) is 20.7 Å². The smallest absolute Gasteiger partial charge is 0.223 e. The lowest BCUT2D eigenvalue weighted by molar-refractivity contribution is -0.125. The van der Waals surface area contributed by atoms with Crippen molar-refractivity contribution in [2.75, 3.05) is 0 Å². The molecule has 0 aromatic carbocycles. The van der Waals surface area contributed by atoms with Crippen LogP contribution in [0.25, 0.3) is 0 Å². The SMILES string of the molecule is CCn1cnnc1CNC(=O)[C@@H]1CC=CCC1. The zero-order valence-corrected chi connectivity index (χ0v) is 10.1. The van der Waals surface area contributed by atoms with Gasteiger partial charge < -0.3 is 9.88 Å². The standard InChI is InChI=1S/C12H18N4O/c1-2-16-9-14-15-11(16)8-13-12(17)10-6-4-3-5-7-10/h3-4,9-10H,2,5-8H2,1H3,(H,13,17)/t10-/m1/s1. The highest BCUT2D eigenvalue weighted by atomic mass is 16.1. The van der Waals surface area contributed by atoms with Gasteiger partial charge in [0.25, 0.3) is 0 Å². The molecule has 1 heterocycles. The molecule has 92 valence electrons. The molecule has 0 unspecified atom stereocenters. The van der Waals surface area contributed by atoms with Gasteiger partial charge in [0.1, 0.15) is 6.33 Å². The normalized spacial score (nSPS) is 19.2. The number of aromatic nitrogens is 3. The van der Waals surface area contributed by atoms with Gasteiger partial charge in [-0.1, -0.05) is 12.2 Å². The Morgan fingerprint density at radius 3 is 3.18 bits per heavy atom. The first-order chi connectivity index (χ1) is 8.31. The van der Waals surface area contributed by atoms with Crippen LogP contribution in [0.5, 0.6) is 0 Å². The minimum absolute atomic E-state index is 0.123. The van der Waals surface area contributed by atoms with Gasteiger partial charge in [-0.3, -0.25) is 4.79 Å². The van der Waals surface area contributed by atoms with Gasteiger partial charge in [-0.25, -0.2) is 0 Å². The second kappa shape index (κ2) is 5.61. The molecule has 0 fully saturated rings. The van der Waals surface area contributed by atoms with E-state index in [1.165, 1.54) is 0 Å². The average molecular weight is 234 g/mol. The molecule has 0 saturated heterocycles. The van der Waals surface area contributed by atoms with Crippen LogP contribution in [0.3, 0.4) is 0 Å². The summed E-state index contributed by atoms with van der Waals surface area (Å²) in [6.07, 6.45) is 8.71. The van der Waals surface area contributed by atoms with Crippen molar-refractivity contribution < 1.29 is 4.79 Å². The fraction of sp³-hybridized carbons (Fsp3) is 0.583. The van der Waals surface area contributed by atoms with Crippen LogP contribution in [0.2, 0.25) is 0 Å². The molecular weight excluding hydrogens is 216 g/mol. The van der Waals surface area contributed by atoms with Gasteiger partial charge in [0.15, 0.2) is 5.82 Å². The van der Waals surface area contributed by atoms with E-state index in [0.29, 0.717) is 6.54 Å². The van der Waals surface area contributed by atoms with Gasteiger partial charge in [0.2, 0.25) is 5.91 Å². The van der Waals surface area contributed by atoms with E-state index < -0.39 is 0 Å². The maximum Gasteiger partial charge on any atom is 0.223 e. The molecule has 17 heavy (non-hydrogen) atoms. The van der Waals surface area contributed by atoms with E-state index in [1.54, 1.807) is 6.33 Å². The predicted molar refractivity (Wildman–Crippen MR) is 64.0 cm³/mol. The van der Waals surface area contributed by atoms with Crippen molar-refractivity contribution in [1.29, 1.82) is 0 Å².